The molecule has 0 unspecified atom stereocenters. The first kappa shape index (κ1) is 26.0. The number of pyridine rings is 1. The largest absolute Gasteiger partial charge is 0.378 e. The van der Waals surface area contributed by atoms with Gasteiger partial charge in [0.05, 0.1) is 13.2 Å². The molecule has 1 aromatic carbocycles. The lowest BCUT2D eigenvalue weighted by atomic mass is 10.1. The molecule has 0 radical (unpaired) electrons. The first-order chi connectivity index (χ1) is 19.0. The van der Waals surface area contributed by atoms with E-state index in [-0.39, 0.29) is 29.4 Å². The van der Waals surface area contributed by atoms with Gasteiger partial charge >= 0.3 is 0 Å². The SMILES string of the molecule is NC(=O)c1nnc(N2CCC[C@@H](NC(=O)c3ccncc3)C2)nc1Nc1ccc(C(=O)N2CCOCC2)cc1. The van der Waals surface area contributed by atoms with Gasteiger partial charge in [-0.1, -0.05) is 0 Å². The molecular weight excluding hydrogens is 502 g/mol. The number of anilines is 3. The highest BCUT2D eigenvalue weighted by atomic mass is 16.5. The van der Waals surface area contributed by atoms with Crippen LogP contribution in [0.3, 0.4) is 0 Å². The normalized spacial score (nSPS) is 17.4. The van der Waals surface area contributed by atoms with Crippen LogP contribution in [0.5, 0.6) is 0 Å². The third-order valence-electron chi connectivity index (χ3n) is 6.58. The molecular formula is C26H29N9O4. The van der Waals surface area contributed by atoms with Gasteiger partial charge in [-0.2, -0.15) is 4.98 Å². The number of carbonyl (C=O) groups excluding carboxylic acids is 3. The number of piperidine rings is 1. The first-order valence-corrected chi connectivity index (χ1v) is 12.7. The average molecular weight is 532 g/mol. The summed E-state index contributed by atoms with van der Waals surface area (Å²) >= 11 is 0. The van der Waals surface area contributed by atoms with Crippen LogP contribution in [0.15, 0.2) is 48.8 Å². The van der Waals surface area contributed by atoms with Crippen molar-refractivity contribution in [2.45, 2.75) is 18.9 Å². The van der Waals surface area contributed by atoms with E-state index in [4.69, 9.17) is 10.5 Å². The maximum atomic E-state index is 12.7. The van der Waals surface area contributed by atoms with E-state index in [0.717, 1.165) is 12.8 Å². The van der Waals surface area contributed by atoms with Crippen LogP contribution in [0, 0.1) is 0 Å². The second-order valence-corrected chi connectivity index (χ2v) is 9.27. The molecule has 4 heterocycles. The van der Waals surface area contributed by atoms with E-state index in [2.05, 4.69) is 30.8 Å². The summed E-state index contributed by atoms with van der Waals surface area (Å²) in [7, 11) is 0. The number of nitrogens with zero attached hydrogens (tertiary/aromatic N) is 6. The summed E-state index contributed by atoms with van der Waals surface area (Å²) in [5.41, 5.74) is 7.11. The number of nitrogens with one attached hydrogen (secondary N) is 2. The van der Waals surface area contributed by atoms with Crippen LogP contribution in [0.25, 0.3) is 0 Å². The summed E-state index contributed by atoms with van der Waals surface area (Å²) in [5, 5.41) is 14.3. The van der Waals surface area contributed by atoms with E-state index in [1.165, 1.54) is 0 Å². The number of nitrogens with two attached hydrogens (primary N) is 1. The lowest BCUT2D eigenvalue weighted by Crippen LogP contribution is -2.48. The smallest absolute Gasteiger partial charge is 0.273 e. The van der Waals surface area contributed by atoms with Gasteiger partial charge in [0.1, 0.15) is 0 Å². The second kappa shape index (κ2) is 11.8. The van der Waals surface area contributed by atoms with Crippen molar-refractivity contribution in [1.82, 2.24) is 30.4 Å². The van der Waals surface area contributed by atoms with Crippen molar-refractivity contribution in [3.8, 4) is 0 Å². The molecule has 0 bridgehead atoms. The molecule has 4 N–H and O–H groups in total. The van der Waals surface area contributed by atoms with Crippen LogP contribution in [-0.4, -0.2) is 88.2 Å². The van der Waals surface area contributed by atoms with Gasteiger partial charge in [0.15, 0.2) is 11.5 Å². The zero-order valence-corrected chi connectivity index (χ0v) is 21.2. The van der Waals surface area contributed by atoms with Gasteiger partial charge in [0, 0.05) is 61.4 Å². The number of hydrogen-bond donors (Lipinski definition) is 3. The first-order valence-electron chi connectivity index (χ1n) is 12.7. The summed E-state index contributed by atoms with van der Waals surface area (Å²) < 4.78 is 5.31. The minimum atomic E-state index is -0.774. The lowest BCUT2D eigenvalue weighted by molar-refractivity contribution is 0.0303. The number of carbonyl (C=O) groups is 3. The summed E-state index contributed by atoms with van der Waals surface area (Å²) in [4.78, 5) is 49.5. The molecule has 0 saturated carbocycles. The van der Waals surface area contributed by atoms with Crippen molar-refractivity contribution < 1.29 is 19.1 Å². The van der Waals surface area contributed by atoms with Gasteiger partial charge in [0.2, 0.25) is 5.95 Å². The number of ether oxygens (including phenoxy) is 1. The summed E-state index contributed by atoms with van der Waals surface area (Å²) in [6.07, 6.45) is 4.77. The van der Waals surface area contributed by atoms with Crippen LogP contribution in [0.1, 0.15) is 44.0 Å². The van der Waals surface area contributed by atoms with Crippen molar-refractivity contribution in [2.75, 3.05) is 49.6 Å². The van der Waals surface area contributed by atoms with E-state index < -0.39 is 5.91 Å². The molecule has 2 aromatic heterocycles. The molecule has 13 heteroatoms. The fourth-order valence-corrected chi connectivity index (χ4v) is 4.53. The summed E-state index contributed by atoms with van der Waals surface area (Å²) in [6, 6.07) is 10.1. The summed E-state index contributed by atoms with van der Waals surface area (Å²) in [6.45, 7) is 3.31. The Kier molecular flexibility index (Phi) is 7.87. The molecule has 2 saturated heterocycles. The monoisotopic (exact) mass is 531 g/mol. The molecule has 2 fully saturated rings. The lowest BCUT2D eigenvalue weighted by Gasteiger charge is -2.33. The van der Waals surface area contributed by atoms with Crippen LogP contribution in [0.2, 0.25) is 0 Å². The third kappa shape index (κ3) is 6.26. The third-order valence-corrected chi connectivity index (χ3v) is 6.58. The Morgan fingerprint density at radius 2 is 1.69 bits per heavy atom. The predicted molar refractivity (Wildman–Crippen MR) is 142 cm³/mol. The number of aromatic nitrogens is 4. The van der Waals surface area contributed by atoms with Crippen LogP contribution in [-0.2, 0) is 4.74 Å². The minimum absolute atomic E-state index is 0.0654. The molecule has 0 aliphatic carbocycles. The van der Waals surface area contributed by atoms with E-state index in [9.17, 15) is 14.4 Å². The second-order valence-electron chi connectivity index (χ2n) is 9.27. The molecule has 2 aliphatic rings. The van der Waals surface area contributed by atoms with Crippen LogP contribution >= 0.6 is 0 Å². The highest BCUT2D eigenvalue weighted by molar-refractivity contribution is 5.97. The van der Waals surface area contributed by atoms with E-state index in [1.807, 2.05) is 4.90 Å². The van der Waals surface area contributed by atoms with Crippen molar-refractivity contribution in [2.24, 2.45) is 5.73 Å². The van der Waals surface area contributed by atoms with Crippen molar-refractivity contribution in [3.05, 3.63) is 65.6 Å². The molecule has 0 spiro atoms. The zero-order valence-electron chi connectivity index (χ0n) is 21.2. The highest BCUT2D eigenvalue weighted by Crippen LogP contribution is 2.22. The standard InChI is InChI=1S/C26H29N9O4/c27-22(36)21-23(29-19-5-3-18(4-6-19)25(38)34-12-14-39-15-13-34)31-26(33-32-21)35-11-1-2-20(16-35)30-24(37)17-7-9-28-10-8-17/h3-10,20H,1-2,11-16H2,(H2,27,36)(H,30,37)(H,29,31,33)/t20-/m1/s1. The minimum Gasteiger partial charge on any atom is -0.378 e. The van der Waals surface area contributed by atoms with Gasteiger partial charge in [-0.3, -0.25) is 19.4 Å². The molecule has 5 rings (SSSR count). The molecule has 3 amide bonds. The Balaban J connectivity index is 1.29. The average Bonchev–Trinajstić information content (AvgIpc) is 2.98. The fourth-order valence-electron chi connectivity index (χ4n) is 4.53. The van der Waals surface area contributed by atoms with Gasteiger partial charge < -0.3 is 30.9 Å². The number of primary amides is 1. The number of hydrogen-bond acceptors (Lipinski definition) is 10. The molecule has 202 valence electrons. The highest BCUT2D eigenvalue weighted by Gasteiger charge is 2.26. The maximum absolute atomic E-state index is 12.7. The number of amides is 3. The van der Waals surface area contributed by atoms with E-state index in [1.54, 1.807) is 53.7 Å². The Hall–Kier alpha value is -4.65. The quantitative estimate of drug-likeness (QED) is 0.400. The topological polar surface area (TPSA) is 169 Å². The Morgan fingerprint density at radius 3 is 2.41 bits per heavy atom. The predicted octanol–water partition coefficient (Wildman–Crippen LogP) is 0.980. The maximum Gasteiger partial charge on any atom is 0.273 e. The molecule has 13 nitrogen and oxygen atoms in total. The van der Waals surface area contributed by atoms with Gasteiger partial charge in [-0.05, 0) is 49.2 Å². The van der Waals surface area contributed by atoms with Crippen molar-refractivity contribution >= 4 is 35.2 Å². The Bertz CT molecular complexity index is 1330. The summed E-state index contributed by atoms with van der Waals surface area (Å²) in [5.74, 6) is -0.550. The van der Waals surface area contributed by atoms with Crippen LogP contribution < -0.4 is 21.3 Å². The van der Waals surface area contributed by atoms with Crippen molar-refractivity contribution in [3.63, 3.8) is 0 Å². The van der Waals surface area contributed by atoms with Gasteiger partial charge in [-0.25, -0.2) is 0 Å². The van der Waals surface area contributed by atoms with Gasteiger partial charge in [-0.15, -0.1) is 10.2 Å². The van der Waals surface area contributed by atoms with Gasteiger partial charge in [0.25, 0.3) is 17.7 Å². The van der Waals surface area contributed by atoms with E-state index in [0.29, 0.717) is 62.2 Å². The molecule has 1 atom stereocenters. The molecule has 39 heavy (non-hydrogen) atoms. The molecule has 2 aliphatic heterocycles. The number of morpholine rings is 1. The van der Waals surface area contributed by atoms with Crippen LogP contribution in [0.4, 0.5) is 17.5 Å². The number of benzene rings is 1. The van der Waals surface area contributed by atoms with Crippen molar-refractivity contribution in [1.29, 1.82) is 0 Å². The Morgan fingerprint density at radius 1 is 0.949 bits per heavy atom. The fraction of sp³-hybridized carbons (Fsp3) is 0.346. The van der Waals surface area contributed by atoms with E-state index >= 15 is 0 Å². The Labute approximate surface area is 224 Å². The molecule has 3 aromatic rings. The number of rotatable bonds is 7. The zero-order chi connectivity index (χ0) is 27.2.